The molecular weight excluding hydrogens is 170 g/mol. The van der Waals surface area contributed by atoms with Crippen molar-refractivity contribution in [2.45, 2.75) is 0 Å². The fraction of sp³-hybridized carbons (Fsp3) is 0.111. The minimum atomic E-state index is -0.810. The molecule has 0 radical (unpaired) electrons. The van der Waals surface area contributed by atoms with E-state index in [2.05, 4.69) is 24.5 Å². The van der Waals surface area contributed by atoms with E-state index in [0.29, 0.717) is 0 Å². The summed E-state index contributed by atoms with van der Waals surface area (Å²) >= 11 is 0. The van der Waals surface area contributed by atoms with E-state index in [1.165, 1.54) is 12.2 Å². The summed E-state index contributed by atoms with van der Waals surface area (Å²) in [7, 11) is 0. The van der Waals surface area contributed by atoms with Crippen LogP contribution in [0.25, 0.3) is 0 Å². The first kappa shape index (κ1) is 13.6. The van der Waals surface area contributed by atoms with Gasteiger partial charge in [0.25, 0.3) is 0 Å². The Bertz CT molecular complexity index is 238. The third-order valence-electron chi connectivity index (χ3n) is 0.659. The SMILES string of the molecule is C=CC#N.C=CCOC(=O)C(=C)O. The molecule has 0 aromatic heterocycles. The summed E-state index contributed by atoms with van der Waals surface area (Å²) in [5, 5.41) is 15.9. The first-order chi connectivity index (χ1) is 6.09. The van der Waals surface area contributed by atoms with Crippen LogP contribution in [0.3, 0.4) is 0 Å². The van der Waals surface area contributed by atoms with Gasteiger partial charge in [-0.2, -0.15) is 5.26 Å². The Labute approximate surface area is 77.1 Å². The molecule has 0 fully saturated rings. The molecular formula is C9H11NO3. The Morgan fingerprint density at radius 1 is 1.62 bits per heavy atom. The second-order valence-electron chi connectivity index (χ2n) is 1.67. The number of allylic oxidation sites excluding steroid dienone is 1. The maximum atomic E-state index is 10.3. The van der Waals surface area contributed by atoms with Crippen molar-refractivity contribution >= 4 is 5.97 Å². The van der Waals surface area contributed by atoms with Gasteiger partial charge in [-0.15, -0.1) is 0 Å². The summed E-state index contributed by atoms with van der Waals surface area (Å²) in [6.07, 6.45) is 2.58. The molecule has 0 aliphatic heterocycles. The zero-order valence-corrected chi connectivity index (χ0v) is 7.19. The fourth-order valence-electron chi connectivity index (χ4n) is 0.218. The van der Waals surface area contributed by atoms with Gasteiger partial charge >= 0.3 is 5.97 Å². The third-order valence-corrected chi connectivity index (χ3v) is 0.659. The number of nitriles is 1. The first-order valence-electron chi connectivity index (χ1n) is 3.26. The Balaban J connectivity index is 0. The lowest BCUT2D eigenvalue weighted by atomic mass is 10.6. The van der Waals surface area contributed by atoms with Crippen molar-refractivity contribution in [1.82, 2.24) is 0 Å². The van der Waals surface area contributed by atoms with Crippen molar-refractivity contribution in [3.63, 3.8) is 0 Å². The van der Waals surface area contributed by atoms with Gasteiger partial charge in [-0.25, -0.2) is 4.79 Å². The standard InChI is InChI=1S/C6H8O3.C3H3N/c1-3-4-9-6(8)5(2)7;1-2-3-4/h3,7H,1-2,4H2;2H,1H2. The molecule has 0 amide bonds. The van der Waals surface area contributed by atoms with E-state index in [0.717, 1.165) is 0 Å². The number of rotatable bonds is 3. The highest BCUT2D eigenvalue weighted by atomic mass is 16.5. The van der Waals surface area contributed by atoms with Crippen LogP contribution in [0.2, 0.25) is 0 Å². The Morgan fingerprint density at radius 3 is 2.31 bits per heavy atom. The van der Waals surface area contributed by atoms with Crippen molar-refractivity contribution in [1.29, 1.82) is 5.26 Å². The quantitative estimate of drug-likeness (QED) is 0.235. The summed E-state index contributed by atoms with van der Waals surface area (Å²) in [4.78, 5) is 10.3. The highest BCUT2D eigenvalue weighted by molar-refractivity contribution is 5.84. The Kier molecular flexibility index (Phi) is 10.4. The summed E-state index contributed by atoms with van der Waals surface area (Å²) in [5.41, 5.74) is 0. The molecule has 70 valence electrons. The van der Waals surface area contributed by atoms with Crippen LogP contribution in [-0.2, 0) is 9.53 Å². The molecule has 0 aliphatic rings. The number of nitrogens with zero attached hydrogens (tertiary/aromatic N) is 1. The summed E-state index contributed by atoms with van der Waals surface area (Å²) in [5.74, 6) is -1.40. The summed E-state index contributed by atoms with van der Waals surface area (Å²) < 4.78 is 4.35. The van der Waals surface area contributed by atoms with Gasteiger partial charge in [0.2, 0.25) is 0 Å². The number of hydrogen-bond donors (Lipinski definition) is 1. The number of carbonyl (C=O) groups excluding carboxylic acids is 1. The first-order valence-corrected chi connectivity index (χ1v) is 3.26. The fourth-order valence-corrected chi connectivity index (χ4v) is 0.218. The van der Waals surface area contributed by atoms with Crippen LogP contribution >= 0.6 is 0 Å². The summed E-state index contributed by atoms with van der Waals surface area (Å²) in [6.45, 7) is 9.47. The van der Waals surface area contributed by atoms with E-state index < -0.39 is 11.7 Å². The lowest BCUT2D eigenvalue weighted by Gasteiger charge is -1.96. The van der Waals surface area contributed by atoms with Gasteiger partial charge in [0, 0.05) is 6.08 Å². The number of hydrogen-bond acceptors (Lipinski definition) is 4. The molecule has 13 heavy (non-hydrogen) atoms. The molecule has 0 spiro atoms. The van der Waals surface area contributed by atoms with E-state index >= 15 is 0 Å². The molecule has 0 saturated carbocycles. The molecule has 4 heteroatoms. The lowest BCUT2D eigenvalue weighted by molar-refractivity contribution is -0.140. The van der Waals surface area contributed by atoms with Crippen LogP contribution in [0.1, 0.15) is 0 Å². The van der Waals surface area contributed by atoms with Crippen LogP contribution in [-0.4, -0.2) is 17.7 Å². The van der Waals surface area contributed by atoms with Crippen LogP contribution in [0.4, 0.5) is 0 Å². The smallest absolute Gasteiger partial charge is 0.373 e. The molecule has 0 atom stereocenters. The van der Waals surface area contributed by atoms with Crippen LogP contribution < -0.4 is 0 Å². The molecule has 0 saturated heterocycles. The van der Waals surface area contributed by atoms with Crippen molar-refractivity contribution in [2.24, 2.45) is 0 Å². The van der Waals surface area contributed by atoms with E-state index in [9.17, 15) is 4.79 Å². The maximum Gasteiger partial charge on any atom is 0.373 e. The summed E-state index contributed by atoms with van der Waals surface area (Å²) in [6, 6.07) is 1.69. The molecule has 0 aromatic rings. The van der Waals surface area contributed by atoms with E-state index in [1.54, 1.807) is 6.07 Å². The Hall–Kier alpha value is -2.02. The van der Waals surface area contributed by atoms with Gasteiger partial charge in [-0.3, -0.25) is 0 Å². The van der Waals surface area contributed by atoms with Gasteiger partial charge in [0.15, 0.2) is 5.76 Å². The van der Waals surface area contributed by atoms with Gasteiger partial charge in [-0.05, 0) is 6.58 Å². The number of carbonyl (C=O) groups is 1. The molecule has 0 aliphatic carbocycles. The van der Waals surface area contributed by atoms with Crippen molar-refractivity contribution in [2.75, 3.05) is 6.61 Å². The van der Waals surface area contributed by atoms with Crippen molar-refractivity contribution < 1.29 is 14.6 Å². The molecule has 1 N–H and O–H groups in total. The highest BCUT2D eigenvalue weighted by Gasteiger charge is 2.02. The predicted octanol–water partition coefficient (Wildman–Crippen LogP) is 1.48. The second-order valence-corrected chi connectivity index (χ2v) is 1.67. The number of aliphatic hydroxyl groups is 1. The van der Waals surface area contributed by atoms with Gasteiger partial charge in [0.05, 0.1) is 6.07 Å². The monoisotopic (exact) mass is 181 g/mol. The average molecular weight is 181 g/mol. The highest BCUT2D eigenvalue weighted by Crippen LogP contribution is 1.87. The van der Waals surface area contributed by atoms with E-state index in [1.807, 2.05) is 0 Å². The van der Waals surface area contributed by atoms with Gasteiger partial charge < -0.3 is 9.84 Å². The zero-order chi connectivity index (χ0) is 10.7. The van der Waals surface area contributed by atoms with Crippen LogP contribution in [0, 0.1) is 11.3 Å². The normalized spacial score (nSPS) is 6.69. The van der Waals surface area contributed by atoms with Crippen molar-refractivity contribution in [3.05, 3.63) is 37.6 Å². The maximum absolute atomic E-state index is 10.3. The van der Waals surface area contributed by atoms with E-state index in [-0.39, 0.29) is 6.61 Å². The van der Waals surface area contributed by atoms with Crippen molar-refractivity contribution in [3.8, 4) is 6.07 Å². The third kappa shape index (κ3) is 13.0. The molecule has 0 bridgehead atoms. The minimum Gasteiger partial charge on any atom is -0.502 e. The predicted molar refractivity (Wildman–Crippen MR) is 48.7 cm³/mol. The number of esters is 1. The largest absolute Gasteiger partial charge is 0.502 e. The van der Waals surface area contributed by atoms with Crippen LogP contribution in [0.5, 0.6) is 0 Å². The zero-order valence-electron chi connectivity index (χ0n) is 7.19. The molecule has 0 aromatic carbocycles. The van der Waals surface area contributed by atoms with Gasteiger partial charge in [-0.1, -0.05) is 19.2 Å². The Morgan fingerprint density at radius 2 is 2.08 bits per heavy atom. The topological polar surface area (TPSA) is 70.3 Å². The number of ether oxygens (including phenoxy) is 1. The molecule has 0 unspecified atom stereocenters. The van der Waals surface area contributed by atoms with E-state index in [4.69, 9.17) is 10.4 Å². The van der Waals surface area contributed by atoms with Crippen LogP contribution in [0.15, 0.2) is 37.6 Å². The molecule has 4 nitrogen and oxygen atoms in total. The second kappa shape index (κ2) is 9.98. The van der Waals surface area contributed by atoms with Gasteiger partial charge in [0.1, 0.15) is 6.61 Å². The lowest BCUT2D eigenvalue weighted by Crippen LogP contribution is -2.05. The average Bonchev–Trinajstić information content (AvgIpc) is 2.14. The molecule has 0 heterocycles. The number of aliphatic hydroxyl groups excluding tert-OH is 1. The minimum absolute atomic E-state index is 0.0956. The molecule has 0 rings (SSSR count).